The zero-order valence-corrected chi connectivity index (χ0v) is 15.5. The average molecular weight is 354 g/mol. The summed E-state index contributed by atoms with van der Waals surface area (Å²) in [4.78, 5) is 16.8. The van der Waals surface area contributed by atoms with Crippen LogP contribution >= 0.6 is 0 Å². The van der Waals surface area contributed by atoms with Crippen LogP contribution in [0.25, 0.3) is 0 Å². The van der Waals surface area contributed by atoms with Crippen molar-refractivity contribution in [2.24, 2.45) is 0 Å². The summed E-state index contributed by atoms with van der Waals surface area (Å²) in [6.07, 6.45) is 0. The van der Waals surface area contributed by atoms with Gasteiger partial charge in [0.25, 0.3) is 5.91 Å². The summed E-state index contributed by atoms with van der Waals surface area (Å²) in [5.74, 6) is 1.66. The molecule has 0 radical (unpaired) electrons. The number of ether oxygens (including phenoxy) is 2. The molecule has 1 heterocycles. The van der Waals surface area contributed by atoms with Gasteiger partial charge >= 0.3 is 0 Å². The van der Waals surface area contributed by atoms with Crippen molar-refractivity contribution in [2.75, 3.05) is 39.9 Å². The highest BCUT2D eigenvalue weighted by Gasteiger charge is 2.22. The van der Waals surface area contributed by atoms with Gasteiger partial charge in [-0.1, -0.05) is 24.3 Å². The number of amides is 1. The smallest absolute Gasteiger partial charge is 0.253 e. The van der Waals surface area contributed by atoms with Crippen molar-refractivity contribution in [3.63, 3.8) is 0 Å². The first-order valence-electron chi connectivity index (χ1n) is 9.07. The van der Waals surface area contributed by atoms with Gasteiger partial charge in [-0.05, 0) is 36.8 Å². The van der Waals surface area contributed by atoms with Gasteiger partial charge in [-0.25, -0.2) is 0 Å². The summed E-state index contributed by atoms with van der Waals surface area (Å²) in [5, 5.41) is 0. The van der Waals surface area contributed by atoms with Gasteiger partial charge in [0.15, 0.2) is 11.5 Å². The number of hydrogen-bond acceptors (Lipinski definition) is 4. The van der Waals surface area contributed by atoms with E-state index in [1.807, 2.05) is 54.3 Å². The van der Waals surface area contributed by atoms with Gasteiger partial charge in [-0.15, -0.1) is 0 Å². The van der Waals surface area contributed by atoms with E-state index in [9.17, 15) is 4.79 Å². The normalized spacial score (nSPS) is 14.9. The second-order valence-electron chi connectivity index (χ2n) is 6.35. The quantitative estimate of drug-likeness (QED) is 0.800. The first-order chi connectivity index (χ1) is 12.7. The van der Waals surface area contributed by atoms with Crippen molar-refractivity contribution < 1.29 is 14.3 Å². The van der Waals surface area contributed by atoms with Gasteiger partial charge < -0.3 is 14.4 Å². The van der Waals surface area contributed by atoms with Crippen LogP contribution in [0.3, 0.4) is 0 Å². The highest BCUT2D eigenvalue weighted by atomic mass is 16.5. The fraction of sp³-hybridized carbons (Fsp3) is 0.381. The van der Waals surface area contributed by atoms with Gasteiger partial charge in [0.1, 0.15) is 0 Å². The molecule has 5 heteroatoms. The standard InChI is InChI=1S/C21H26N2O3/c1-3-26-20-15-17(9-10-19(20)25-2)16-22-11-13-23(14-12-22)21(24)18-7-5-4-6-8-18/h4-10,15H,3,11-14,16H2,1-2H3. The first kappa shape index (κ1) is 18.3. The molecule has 0 spiro atoms. The zero-order chi connectivity index (χ0) is 18.4. The fourth-order valence-electron chi connectivity index (χ4n) is 3.22. The van der Waals surface area contributed by atoms with Crippen LogP contribution in [0.1, 0.15) is 22.8 Å². The molecule has 5 nitrogen and oxygen atoms in total. The van der Waals surface area contributed by atoms with Crippen LogP contribution in [0.4, 0.5) is 0 Å². The Hall–Kier alpha value is -2.53. The van der Waals surface area contributed by atoms with E-state index >= 15 is 0 Å². The van der Waals surface area contributed by atoms with Crippen molar-refractivity contribution in [1.29, 1.82) is 0 Å². The Bertz CT molecular complexity index is 725. The maximum absolute atomic E-state index is 12.5. The lowest BCUT2D eigenvalue weighted by Gasteiger charge is -2.34. The lowest BCUT2D eigenvalue weighted by Crippen LogP contribution is -2.48. The van der Waals surface area contributed by atoms with Crippen molar-refractivity contribution in [2.45, 2.75) is 13.5 Å². The number of carbonyl (C=O) groups is 1. The minimum atomic E-state index is 0.119. The molecule has 1 fully saturated rings. The lowest BCUT2D eigenvalue weighted by atomic mass is 10.1. The van der Waals surface area contributed by atoms with Gasteiger partial charge in [0.2, 0.25) is 0 Å². The molecule has 0 N–H and O–H groups in total. The summed E-state index contributed by atoms with van der Waals surface area (Å²) in [6.45, 7) is 6.67. The summed E-state index contributed by atoms with van der Waals surface area (Å²) in [7, 11) is 1.65. The topological polar surface area (TPSA) is 42.0 Å². The third-order valence-corrected chi connectivity index (χ3v) is 4.61. The minimum absolute atomic E-state index is 0.119. The van der Waals surface area contributed by atoms with Crippen LogP contribution in [-0.2, 0) is 6.54 Å². The van der Waals surface area contributed by atoms with Crippen LogP contribution < -0.4 is 9.47 Å². The number of methoxy groups -OCH3 is 1. The zero-order valence-electron chi connectivity index (χ0n) is 15.5. The van der Waals surface area contributed by atoms with Crippen LogP contribution in [0.2, 0.25) is 0 Å². The van der Waals surface area contributed by atoms with Crippen molar-refractivity contribution >= 4 is 5.91 Å². The molecule has 0 bridgehead atoms. The van der Waals surface area contributed by atoms with Gasteiger partial charge in [-0.2, -0.15) is 0 Å². The molecule has 0 saturated carbocycles. The number of carbonyl (C=O) groups excluding carboxylic acids is 1. The van der Waals surface area contributed by atoms with Crippen LogP contribution in [-0.4, -0.2) is 55.6 Å². The summed E-state index contributed by atoms with van der Waals surface area (Å²) < 4.78 is 11.0. The van der Waals surface area contributed by atoms with E-state index in [-0.39, 0.29) is 5.91 Å². The van der Waals surface area contributed by atoms with Crippen LogP contribution in [0.15, 0.2) is 48.5 Å². The fourth-order valence-corrected chi connectivity index (χ4v) is 3.22. The van der Waals surface area contributed by atoms with E-state index in [0.29, 0.717) is 6.61 Å². The second-order valence-corrected chi connectivity index (χ2v) is 6.35. The molecule has 1 aliphatic rings. The number of benzene rings is 2. The SMILES string of the molecule is CCOc1cc(CN2CCN(C(=O)c3ccccc3)CC2)ccc1OC. The molecular weight excluding hydrogens is 328 g/mol. The van der Waals surface area contributed by atoms with Crippen molar-refractivity contribution in [3.8, 4) is 11.5 Å². The molecule has 1 aliphatic heterocycles. The van der Waals surface area contributed by atoms with Gasteiger partial charge in [0, 0.05) is 38.3 Å². The molecule has 26 heavy (non-hydrogen) atoms. The van der Waals surface area contributed by atoms with E-state index in [1.54, 1.807) is 7.11 Å². The molecule has 0 atom stereocenters. The summed E-state index contributed by atoms with van der Waals surface area (Å²) >= 11 is 0. The molecule has 0 unspecified atom stereocenters. The van der Waals surface area contributed by atoms with Gasteiger partial charge in [0.05, 0.1) is 13.7 Å². The molecule has 0 aromatic heterocycles. The van der Waals surface area contributed by atoms with E-state index in [2.05, 4.69) is 11.0 Å². The number of rotatable bonds is 6. The molecule has 0 aliphatic carbocycles. The van der Waals surface area contributed by atoms with Crippen LogP contribution in [0.5, 0.6) is 11.5 Å². The summed E-state index contributed by atoms with van der Waals surface area (Å²) in [5.41, 5.74) is 1.95. The van der Waals surface area contributed by atoms with Crippen molar-refractivity contribution in [3.05, 3.63) is 59.7 Å². The Kier molecular flexibility index (Phi) is 6.12. The van der Waals surface area contributed by atoms with E-state index in [0.717, 1.165) is 49.8 Å². The predicted octanol–water partition coefficient (Wildman–Crippen LogP) is 3.05. The number of piperazine rings is 1. The molecular formula is C21H26N2O3. The van der Waals surface area contributed by atoms with Crippen molar-refractivity contribution in [1.82, 2.24) is 9.80 Å². The minimum Gasteiger partial charge on any atom is -0.493 e. The Morgan fingerprint density at radius 3 is 2.38 bits per heavy atom. The predicted molar refractivity (Wildman–Crippen MR) is 102 cm³/mol. The molecule has 1 amide bonds. The second kappa shape index (κ2) is 8.72. The van der Waals surface area contributed by atoms with E-state index in [4.69, 9.17) is 9.47 Å². The maximum Gasteiger partial charge on any atom is 0.253 e. The third-order valence-electron chi connectivity index (χ3n) is 4.61. The summed E-state index contributed by atoms with van der Waals surface area (Å²) in [6, 6.07) is 15.6. The van der Waals surface area contributed by atoms with E-state index in [1.165, 1.54) is 5.56 Å². The van der Waals surface area contributed by atoms with Gasteiger partial charge in [-0.3, -0.25) is 9.69 Å². The molecule has 3 rings (SSSR count). The highest BCUT2D eigenvalue weighted by Crippen LogP contribution is 2.28. The molecule has 2 aromatic rings. The Labute approximate surface area is 155 Å². The van der Waals surface area contributed by atoms with E-state index < -0.39 is 0 Å². The maximum atomic E-state index is 12.5. The highest BCUT2D eigenvalue weighted by molar-refractivity contribution is 5.94. The molecule has 138 valence electrons. The molecule has 2 aromatic carbocycles. The lowest BCUT2D eigenvalue weighted by molar-refractivity contribution is 0.0628. The first-order valence-corrected chi connectivity index (χ1v) is 9.07. The Balaban J connectivity index is 1.57. The van der Waals surface area contributed by atoms with Crippen LogP contribution in [0, 0.1) is 0 Å². The third kappa shape index (κ3) is 4.35. The average Bonchev–Trinajstić information content (AvgIpc) is 2.69. The monoisotopic (exact) mass is 354 g/mol. The largest absolute Gasteiger partial charge is 0.493 e. The number of nitrogens with zero attached hydrogens (tertiary/aromatic N) is 2. The number of hydrogen-bond donors (Lipinski definition) is 0. The Morgan fingerprint density at radius 2 is 1.73 bits per heavy atom. The molecule has 1 saturated heterocycles. The Morgan fingerprint density at radius 1 is 1.00 bits per heavy atom.